The van der Waals surface area contributed by atoms with E-state index in [0.717, 1.165) is 5.56 Å². The predicted octanol–water partition coefficient (Wildman–Crippen LogP) is 1.46. The average molecular weight is 396 g/mol. The van der Waals surface area contributed by atoms with Gasteiger partial charge in [0.05, 0.1) is 10.6 Å². The third kappa shape index (κ3) is 3.48. The summed E-state index contributed by atoms with van der Waals surface area (Å²) in [6.07, 6.45) is 0.428. The van der Waals surface area contributed by atoms with Crippen molar-refractivity contribution in [2.75, 3.05) is 11.4 Å². The summed E-state index contributed by atoms with van der Waals surface area (Å²) < 4.78 is 51.9. The molecule has 0 saturated carbocycles. The molecule has 2 N–H and O–H groups in total. The monoisotopic (exact) mass is 395 g/mol. The number of nitrogens with zero attached hydrogens (tertiary/aromatic N) is 2. The molecular formula is C17H21N3O4S2. The highest BCUT2D eigenvalue weighted by Gasteiger charge is 2.37. The molecule has 2 aromatic rings. The molecule has 0 fully saturated rings. The molecule has 0 saturated heterocycles. The standard InChI is InChI=1S/C17H21N3O4S2/c1-13-10-15-11-16(25(18,21)22)8-9-17(15)20(13)26(23,24)19(2)12-14-6-4-3-5-7-14/h3-9,11,13H,10,12H2,1-2H3,(H2,18,21,22)/t13-/m1/s1. The summed E-state index contributed by atoms with van der Waals surface area (Å²) in [6.45, 7) is 2.04. The van der Waals surface area contributed by atoms with Gasteiger partial charge < -0.3 is 0 Å². The Morgan fingerprint density at radius 1 is 1.12 bits per heavy atom. The number of anilines is 1. The number of sulfonamides is 1. The van der Waals surface area contributed by atoms with Crippen molar-refractivity contribution in [1.82, 2.24) is 4.31 Å². The number of rotatable bonds is 5. The number of benzene rings is 2. The van der Waals surface area contributed by atoms with Crippen molar-refractivity contribution in [3.63, 3.8) is 0 Å². The Morgan fingerprint density at radius 2 is 1.77 bits per heavy atom. The zero-order valence-corrected chi connectivity index (χ0v) is 16.2. The van der Waals surface area contributed by atoms with Crippen LogP contribution in [0.3, 0.4) is 0 Å². The van der Waals surface area contributed by atoms with E-state index in [4.69, 9.17) is 5.14 Å². The first kappa shape index (κ1) is 18.8. The normalized spacial score (nSPS) is 17.5. The van der Waals surface area contributed by atoms with Crippen LogP contribution in [0.4, 0.5) is 5.69 Å². The maximum atomic E-state index is 13.1. The molecule has 0 aliphatic carbocycles. The van der Waals surface area contributed by atoms with Crippen LogP contribution in [-0.4, -0.2) is 34.2 Å². The summed E-state index contributed by atoms with van der Waals surface area (Å²) in [7, 11) is -6.06. The third-order valence-corrected chi connectivity index (χ3v) is 7.30. The fourth-order valence-electron chi connectivity index (χ4n) is 3.18. The molecule has 140 valence electrons. The Hall–Kier alpha value is -1.94. The quantitative estimate of drug-likeness (QED) is 0.828. The van der Waals surface area contributed by atoms with Gasteiger partial charge >= 0.3 is 10.2 Å². The maximum absolute atomic E-state index is 13.1. The van der Waals surface area contributed by atoms with Crippen molar-refractivity contribution in [2.45, 2.75) is 30.8 Å². The SMILES string of the molecule is C[C@@H]1Cc2cc(S(N)(=O)=O)ccc2N1S(=O)(=O)N(C)Cc1ccccc1. The van der Waals surface area contributed by atoms with Crippen LogP contribution < -0.4 is 9.44 Å². The first-order valence-electron chi connectivity index (χ1n) is 8.06. The molecule has 0 spiro atoms. The molecule has 2 aromatic carbocycles. The second-order valence-electron chi connectivity index (χ2n) is 6.43. The Kier molecular flexibility index (Phi) is 4.82. The minimum absolute atomic E-state index is 0.0136. The highest BCUT2D eigenvalue weighted by Crippen LogP contribution is 2.36. The van der Waals surface area contributed by atoms with Gasteiger partial charge in [0.25, 0.3) is 0 Å². The van der Waals surface area contributed by atoms with E-state index in [1.165, 1.54) is 33.9 Å². The van der Waals surface area contributed by atoms with E-state index in [1.54, 1.807) is 6.92 Å². The molecule has 0 unspecified atom stereocenters. The molecule has 0 bridgehead atoms. The highest BCUT2D eigenvalue weighted by molar-refractivity contribution is 7.90. The highest BCUT2D eigenvalue weighted by atomic mass is 32.2. The van der Waals surface area contributed by atoms with Gasteiger partial charge in [0.2, 0.25) is 10.0 Å². The second-order valence-corrected chi connectivity index (χ2v) is 9.91. The van der Waals surface area contributed by atoms with E-state index in [0.29, 0.717) is 17.7 Å². The summed E-state index contributed by atoms with van der Waals surface area (Å²) in [5.74, 6) is 0. The Morgan fingerprint density at radius 3 is 2.38 bits per heavy atom. The molecule has 1 aliphatic heterocycles. The van der Waals surface area contributed by atoms with Crippen LogP contribution in [0, 0.1) is 0 Å². The van der Waals surface area contributed by atoms with Gasteiger partial charge in [-0.2, -0.15) is 12.7 Å². The summed E-state index contributed by atoms with van der Waals surface area (Å²) >= 11 is 0. The number of primary sulfonamides is 1. The first-order valence-corrected chi connectivity index (χ1v) is 11.0. The van der Waals surface area contributed by atoms with E-state index >= 15 is 0 Å². The Labute approximate surface area is 154 Å². The van der Waals surface area contributed by atoms with Crippen molar-refractivity contribution < 1.29 is 16.8 Å². The van der Waals surface area contributed by atoms with Gasteiger partial charge in [-0.1, -0.05) is 30.3 Å². The smallest absolute Gasteiger partial charge is 0.254 e. The van der Waals surface area contributed by atoms with E-state index in [-0.39, 0.29) is 17.5 Å². The molecule has 26 heavy (non-hydrogen) atoms. The Balaban J connectivity index is 1.94. The summed E-state index contributed by atoms with van der Waals surface area (Å²) in [6, 6.07) is 13.3. The van der Waals surface area contributed by atoms with Gasteiger partial charge in [0, 0.05) is 19.6 Å². The van der Waals surface area contributed by atoms with Crippen LogP contribution in [0.1, 0.15) is 18.1 Å². The molecule has 1 aliphatic rings. The van der Waals surface area contributed by atoms with Gasteiger partial charge in [-0.3, -0.25) is 4.31 Å². The van der Waals surface area contributed by atoms with Gasteiger partial charge in [0.15, 0.2) is 0 Å². The van der Waals surface area contributed by atoms with Gasteiger partial charge in [-0.25, -0.2) is 13.6 Å². The van der Waals surface area contributed by atoms with Crippen molar-refractivity contribution in [1.29, 1.82) is 0 Å². The first-order chi connectivity index (χ1) is 12.1. The minimum atomic E-state index is -3.83. The zero-order chi connectivity index (χ0) is 19.1. The molecule has 3 rings (SSSR count). The lowest BCUT2D eigenvalue weighted by Gasteiger charge is -2.29. The third-order valence-electron chi connectivity index (χ3n) is 4.42. The summed E-state index contributed by atoms with van der Waals surface area (Å²) in [5.41, 5.74) is 2.03. The fourth-order valence-corrected chi connectivity index (χ4v) is 5.31. The minimum Gasteiger partial charge on any atom is -0.254 e. The summed E-state index contributed by atoms with van der Waals surface area (Å²) in [4.78, 5) is -0.0136. The van der Waals surface area contributed by atoms with E-state index in [2.05, 4.69) is 0 Å². The lowest BCUT2D eigenvalue weighted by atomic mass is 10.1. The van der Waals surface area contributed by atoms with E-state index in [9.17, 15) is 16.8 Å². The molecule has 1 atom stereocenters. The van der Waals surface area contributed by atoms with Crippen LogP contribution >= 0.6 is 0 Å². The topological polar surface area (TPSA) is 101 Å². The van der Waals surface area contributed by atoms with Crippen molar-refractivity contribution in [3.05, 3.63) is 59.7 Å². The molecule has 0 radical (unpaired) electrons. The number of nitrogens with two attached hydrogens (primary N) is 1. The fraction of sp³-hybridized carbons (Fsp3) is 0.294. The van der Waals surface area contributed by atoms with Crippen molar-refractivity contribution in [3.8, 4) is 0 Å². The Bertz CT molecular complexity index is 1020. The molecule has 9 heteroatoms. The van der Waals surface area contributed by atoms with Crippen LogP contribution in [0.25, 0.3) is 0 Å². The molecular weight excluding hydrogens is 374 g/mol. The number of fused-ring (bicyclic) bond motifs is 1. The van der Waals surface area contributed by atoms with Crippen LogP contribution in [0.5, 0.6) is 0 Å². The molecule has 0 amide bonds. The zero-order valence-electron chi connectivity index (χ0n) is 14.5. The largest absolute Gasteiger partial charge is 0.304 e. The van der Waals surface area contributed by atoms with Crippen LogP contribution in [-0.2, 0) is 33.2 Å². The predicted molar refractivity (Wildman–Crippen MR) is 100 cm³/mol. The number of hydrogen-bond acceptors (Lipinski definition) is 4. The van der Waals surface area contributed by atoms with Crippen molar-refractivity contribution >= 4 is 25.9 Å². The van der Waals surface area contributed by atoms with E-state index in [1.807, 2.05) is 30.3 Å². The lowest BCUT2D eigenvalue weighted by Crippen LogP contribution is -2.44. The maximum Gasteiger partial charge on any atom is 0.304 e. The van der Waals surface area contributed by atoms with Gasteiger partial charge in [-0.15, -0.1) is 0 Å². The van der Waals surface area contributed by atoms with E-state index < -0.39 is 20.2 Å². The number of hydrogen-bond donors (Lipinski definition) is 1. The van der Waals surface area contributed by atoms with Crippen LogP contribution in [0.15, 0.2) is 53.4 Å². The molecule has 0 aromatic heterocycles. The molecule has 1 heterocycles. The molecule has 7 nitrogen and oxygen atoms in total. The van der Waals surface area contributed by atoms with Gasteiger partial charge in [-0.05, 0) is 42.7 Å². The van der Waals surface area contributed by atoms with Crippen molar-refractivity contribution in [2.24, 2.45) is 5.14 Å². The lowest BCUT2D eigenvalue weighted by molar-refractivity contribution is 0.459. The second kappa shape index (κ2) is 6.66. The van der Waals surface area contributed by atoms with Crippen LogP contribution in [0.2, 0.25) is 0 Å². The van der Waals surface area contributed by atoms with Gasteiger partial charge in [0.1, 0.15) is 0 Å². The summed E-state index contributed by atoms with van der Waals surface area (Å²) in [5, 5.41) is 5.17. The average Bonchev–Trinajstić information content (AvgIpc) is 2.90.